The first-order valence-electron chi connectivity index (χ1n) is 7.14. The van der Waals surface area contributed by atoms with Crippen molar-refractivity contribution in [2.24, 2.45) is 0 Å². The van der Waals surface area contributed by atoms with E-state index in [1.54, 1.807) is 17.8 Å². The predicted octanol–water partition coefficient (Wildman–Crippen LogP) is 0.565. The Kier molecular flexibility index (Phi) is 4.75. The Morgan fingerprint density at radius 2 is 2.17 bits per heavy atom. The summed E-state index contributed by atoms with van der Waals surface area (Å²) in [4.78, 5) is 20.3. The fraction of sp³-hybridized carbons (Fsp3) is 0.357. The van der Waals surface area contributed by atoms with E-state index >= 15 is 0 Å². The molecule has 0 aliphatic carbocycles. The standard InChI is InChI=1S/C14H15N7OS/c15-7-11-1-2-12(8-16-11)21-5-3-20(4-6-21)9-13(22)18-14-19-17-10-23-14/h1-2,8,10H,3-6,9H2,(H,18,19,22). The van der Waals surface area contributed by atoms with Gasteiger partial charge in [0.15, 0.2) is 0 Å². The fourth-order valence-corrected chi connectivity index (χ4v) is 2.85. The van der Waals surface area contributed by atoms with Gasteiger partial charge < -0.3 is 4.90 Å². The van der Waals surface area contributed by atoms with Crippen LogP contribution in [0.15, 0.2) is 23.8 Å². The molecule has 0 bridgehead atoms. The number of amides is 1. The second-order valence-corrected chi connectivity index (χ2v) is 5.90. The molecule has 2 aromatic heterocycles. The van der Waals surface area contributed by atoms with Crippen LogP contribution < -0.4 is 10.2 Å². The monoisotopic (exact) mass is 329 g/mol. The van der Waals surface area contributed by atoms with Crippen molar-refractivity contribution in [2.75, 3.05) is 42.9 Å². The van der Waals surface area contributed by atoms with Crippen molar-refractivity contribution in [2.45, 2.75) is 0 Å². The largest absolute Gasteiger partial charge is 0.368 e. The third-order valence-corrected chi connectivity index (χ3v) is 4.18. The van der Waals surface area contributed by atoms with Gasteiger partial charge in [-0.15, -0.1) is 10.2 Å². The summed E-state index contributed by atoms with van der Waals surface area (Å²) >= 11 is 1.30. The summed E-state index contributed by atoms with van der Waals surface area (Å²) in [5.74, 6) is -0.0739. The molecule has 0 aromatic carbocycles. The number of hydrogen-bond acceptors (Lipinski definition) is 8. The lowest BCUT2D eigenvalue weighted by Crippen LogP contribution is -2.48. The van der Waals surface area contributed by atoms with E-state index < -0.39 is 0 Å². The highest BCUT2D eigenvalue weighted by atomic mass is 32.1. The summed E-state index contributed by atoms with van der Waals surface area (Å²) in [5, 5.41) is 19.5. The quantitative estimate of drug-likeness (QED) is 0.875. The van der Waals surface area contributed by atoms with Crippen LogP contribution in [0.1, 0.15) is 5.69 Å². The molecule has 1 amide bonds. The maximum Gasteiger partial charge on any atom is 0.240 e. The van der Waals surface area contributed by atoms with E-state index in [2.05, 4.69) is 30.3 Å². The number of pyridine rings is 1. The minimum Gasteiger partial charge on any atom is -0.368 e. The first kappa shape index (κ1) is 15.3. The van der Waals surface area contributed by atoms with E-state index in [0.29, 0.717) is 17.4 Å². The van der Waals surface area contributed by atoms with Crippen LogP contribution in [0.25, 0.3) is 0 Å². The van der Waals surface area contributed by atoms with Gasteiger partial charge in [-0.1, -0.05) is 11.3 Å². The van der Waals surface area contributed by atoms with Gasteiger partial charge in [-0.3, -0.25) is 15.0 Å². The van der Waals surface area contributed by atoms with Crippen LogP contribution in [0, 0.1) is 11.3 Å². The molecule has 9 heteroatoms. The zero-order chi connectivity index (χ0) is 16.1. The lowest BCUT2D eigenvalue weighted by molar-refractivity contribution is -0.117. The van der Waals surface area contributed by atoms with Gasteiger partial charge in [0.05, 0.1) is 18.4 Å². The molecule has 0 saturated carbocycles. The number of nitriles is 1. The van der Waals surface area contributed by atoms with Gasteiger partial charge >= 0.3 is 0 Å². The number of nitrogens with zero attached hydrogens (tertiary/aromatic N) is 6. The van der Waals surface area contributed by atoms with E-state index in [0.717, 1.165) is 31.9 Å². The number of piperazine rings is 1. The van der Waals surface area contributed by atoms with Crippen LogP contribution in [-0.4, -0.2) is 58.7 Å². The second kappa shape index (κ2) is 7.13. The van der Waals surface area contributed by atoms with Crippen LogP contribution in [-0.2, 0) is 4.79 Å². The topological polar surface area (TPSA) is 98.0 Å². The smallest absolute Gasteiger partial charge is 0.240 e. The summed E-state index contributed by atoms with van der Waals surface area (Å²) in [7, 11) is 0. The number of carbonyl (C=O) groups excluding carboxylic acids is 1. The summed E-state index contributed by atoms with van der Waals surface area (Å²) in [6, 6.07) is 5.64. The summed E-state index contributed by atoms with van der Waals surface area (Å²) < 4.78 is 0. The molecule has 0 unspecified atom stereocenters. The molecule has 3 rings (SSSR count). The molecular formula is C14H15N7OS. The SMILES string of the molecule is N#Cc1ccc(N2CCN(CC(=O)Nc3nncs3)CC2)cn1. The van der Waals surface area contributed by atoms with E-state index in [1.165, 1.54) is 11.3 Å². The van der Waals surface area contributed by atoms with E-state index in [9.17, 15) is 4.79 Å². The number of anilines is 2. The zero-order valence-corrected chi connectivity index (χ0v) is 13.2. The summed E-state index contributed by atoms with van der Waals surface area (Å²) in [6.07, 6.45) is 1.72. The van der Waals surface area contributed by atoms with Crippen molar-refractivity contribution in [3.05, 3.63) is 29.5 Å². The molecule has 0 spiro atoms. The molecule has 3 heterocycles. The molecule has 0 atom stereocenters. The maximum atomic E-state index is 11.9. The molecule has 118 valence electrons. The van der Waals surface area contributed by atoms with Gasteiger partial charge in [-0.05, 0) is 12.1 Å². The van der Waals surface area contributed by atoms with E-state index in [4.69, 9.17) is 5.26 Å². The third kappa shape index (κ3) is 4.00. The highest BCUT2D eigenvalue weighted by molar-refractivity contribution is 7.13. The lowest BCUT2D eigenvalue weighted by atomic mass is 10.2. The molecule has 1 saturated heterocycles. The highest BCUT2D eigenvalue weighted by Gasteiger charge is 2.19. The minimum atomic E-state index is -0.0739. The third-order valence-electron chi connectivity index (χ3n) is 3.57. The van der Waals surface area contributed by atoms with Crippen molar-refractivity contribution in [3.63, 3.8) is 0 Å². The minimum absolute atomic E-state index is 0.0739. The zero-order valence-electron chi connectivity index (χ0n) is 12.3. The van der Waals surface area contributed by atoms with Gasteiger partial charge in [-0.25, -0.2) is 4.98 Å². The first-order valence-corrected chi connectivity index (χ1v) is 8.02. The van der Waals surface area contributed by atoms with Crippen molar-refractivity contribution < 1.29 is 4.79 Å². The van der Waals surface area contributed by atoms with Gasteiger partial charge in [0.1, 0.15) is 17.3 Å². The molecule has 1 fully saturated rings. The average molecular weight is 329 g/mol. The fourth-order valence-electron chi connectivity index (χ4n) is 2.39. The van der Waals surface area contributed by atoms with Crippen LogP contribution in [0.2, 0.25) is 0 Å². The molecule has 2 aromatic rings. The molecule has 8 nitrogen and oxygen atoms in total. The van der Waals surface area contributed by atoms with Gasteiger partial charge in [0, 0.05) is 26.2 Å². The number of nitrogens with one attached hydrogen (secondary N) is 1. The van der Waals surface area contributed by atoms with E-state index in [-0.39, 0.29) is 5.91 Å². The Balaban J connectivity index is 1.48. The average Bonchev–Trinajstić information content (AvgIpc) is 3.08. The van der Waals surface area contributed by atoms with Crippen LogP contribution >= 0.6 is 11.3 Å². The molecular weight excluding hydrogens is 314 g/mol. The van der Waals surface area contributed by atoms with Crippen molar-refractivity contribution in [1.29, 1.82) is 5.26 Å². The van der Waals surface area contributed by atoms with Crippen LogP contribution in [0.4, 0.5) is 10.8 Å². The molecule has 1 N–H and O–H groups in total. The van der Waals surface area contributed by atoms with Gasteiger partial charge in [-0.2, -0.15) is 5.26 Å². The van der Waals surface area contributed by atoms with Gasteiger partial charge in [0.2, 0.25) is 11.0 Å². The Bertz CT molecular complexity index is 687. The Labute approximate surface area is 137 Å². The van der Waals surface area contributed by atoms with E-state index in [1.807, 2.05) is 12.1 Å². The molecule has 0 radical (unpaired) electrons. The second-order valence-electron chi connectivity index (χ2n) is 5.07. The number of carbonyl (C=O) groups is 1. The maximum absolute atomic E-state index is 11.9. The predicted molar refractivity (Wildman–Crippen MR) is 86.1 cm³/mol. The molecule has 1 aliphatic rings. The first-order chi connectivity index (χ1) is 11.2. The number of hydrogen-bond donors (Lipinski definition) is 1. The Morgan fingerprint density at radius 1 is 1.35 bits per heavy atom. The normalized spacial score (nSPS) is 15.2. The summed E-state index contributed by atoms with van der Waals surface area (Å²) in [6.45, 7) is 3.57. The van der Waals surface area contributed by atoms with Gasteiger partial charge in [0.25, 0.3) is 0 Å². The summed E-state index contributed by atoms with van der Waals surface area (Å²) in [5.41, 5.74) is 3.00. The Morgan fingerprint density at radius 3 is 2.78 bits per heavy atom. The van der Waals surface area contributed by atoms with Crippen molar-refractivity contribution in [3.8, 4) is 6.07 Å². The molecule has 1 aliphatic heterocycles. The molecule has 23 heavy (non-hydrogen) atoms. The Hall–Kier alpha value is -2.57. The highest BCUT2D eigenvalue weighted by Crippen LogP contribution is 2.15. The van der Waals surface area contributed by atoms with Crippen molar-refractivity contribution >= 4 is 28.1 Å². The van der Waals surface area contributed by atoms with Crippen molar-refractivity contribution in [1.82, 2.24) is 20.1 Å². The number of rotatable bonds is 4. The van der Waals surface area contributed by atoms with Crippen LogP contribution in [0.3, 0.4) is 0 Å². The number of aromatic nitrogens is 3. The van der Waals surface area contributed by atoms with Crippen LogP contribution in [0.5, 0.6) is 0 Å². The lowest BCUT2D eigenvalue weighted by Gasteiger charge is -2.35.